The zero-order valence-corrected chi connectivity index (χ0v) is 27.2. The van der Waals surface area contributed by atoms with Gasteiger partial charge in [0.25, 0.3) is 10.9 Å². The van der Waals surface area contributed by atoms with Crippen LogP contribution in [-0.4, -0.2) is 36.1 Å². The van der Waals surface area contributed by atoms with Crippen LogP contribution in [0.5, 0.6) is 5.75 Å². The molecule has 0 spiro atoms. The Hall–Kier alpha value is -5.17. The Kier molecular flexibility index (Phi) is 8.65. The molecule has 0 radical (unpaired) electrons. The van der Waals surface area contributed by atoms with Crippen LogP contribution in [0.1, 0.15) is 35.6 Å². The summed E-state index contributed by atoms with van der Waals surface area (Å²) in [5, 5.41) is 6.40. The van der Waals surface area contributed by atoms with Gasteiger partial charge < -0.3 is 15.4 Å². The molecular formula is C38H32F6N4O3. The van der Waals surface area contributed by atoms with Gasteiger partial charge in [-0.3, -0.25) is 14.5 Å². The number of methoxy groups -OCH3 is 1. The molecule has 4 aromatic carbocycles. The van der Waals surface area contributed by atoms with Gasteiger partial charge in [0.15, 0.2) is 0 Å². The number of alkyl halides is 6. The van der Waals surface area contributed by atoms with Gasteiger partial charge in [-0.25, -0.2) is 4.98 Å². The maximum atomic E-state index is 13.6. The van der Waals surface area contributed by atoms with E-state index in [-0.39, 0.29) is 29.6 Å². The first-order valence-corrected chi connectivity index (χ1v) is 16.3. The SMILES string of the molecule is C=C[C@H]1CN2CC[C@H]1C[C@H]2[C@@H](Nc1c(Nc2cc(C(F)(F)F)cc(C(F)(F)F)c2)c(=O)c1=O)c1cc(-c2ccccc2)nc2ccc(OC)cc12. The highest BCUT2D eigenvalue weighted by Gasteiger charge is 2.44. The molecule has 13 heteroatoms. The molecule has 1 unspecified atom stereocenters. The second-order valence-corrected chi connectivity index (χ2v) is 13.0. The second kappa shape index (κ2) is 12.9. The number of nitrogens with one attached hydrogen (secondary N) is 2. The number of hydrogen-bond donors (Lipinski definition) is 2. The average Bonchev–Trinajstić information content (AvgIpc) is 3.13. The number of pyridine rings is 1. The molecule has 264 valence electrons. The lowest BCUT2D eigenvalue weighted by molar-refractivity contribution is -0.143. The van der Waals surface area contributed by atoms with Gasteiger partial charge >= 0.3 is 12.4 Å². The van der Waals surface area contributed by atoms with E-state index < -0.39 is 51.8 Å². The van der Waals surface area contributed by atoms with E-state index in [0.29, 0.717) is 47.4 Å². The Bertz CT molecular complexity index is 2160. The third kappa shape index (κ3) is 6.46. The summed E-state index contributed by atoms with van der Waals surface area (Å²) in [6, 6.07) is 16.8. The average molecular weight is 707 g/mol. The van der Waals surface area contributed by atoms with Gasteiger partial charge in [0.2, 0.25) is 0 Å². The molecule has 51 heavy (non-hydrogen) atoms. The molecule has 5 aromatic rings. The number of aromatic nitrogens is 1. The van der Waals surface area contributed by atoms with E-state index in [1.807, 2.05) is 54.6 Å². The molecule has 0 aliphatic carbocycles. The van der Waals surface area contributed by atoms with Gasteiger partial charge in [0.1, 0.15) is 17.1 Å². The van der Waals surface area contributed by atoms with E-state index in [0.717, 1.165) is 24.1 Å². The van der Waals surface area contributed by atoms with Gasteiger partial charge in [-0.1, -0.05) is 36.4 Å². The highest BCUT2D eigenvalue weighted by Crippen LogP contribution is 2.45. The van der Waals surface area contributed by atoms with Crippen molar-refractivity contribution in [3.63, 3.8) is 0 Å². The molecule has 3 fully saturated rings. The van der Waals surface area contributed by atoms with Gasteiger partial charge in [0.05, 0.1) is 35.5 Å². The van der Waals surface area contributed by atoms with Crippen molar-refractivity contribution < 1.29 is 31.1 Å². The van der Waals surface area contributed by atoms with Crippen molar-refractivity contribution in [1.82, 2.24) is 9.88 Å². The predicted octanol–water partition coefficient (Wildman–Crippen LogP) is 8.34. The molecule has 2 bridgehead atoms. The lowest BCUT2D eigenvalue weighted by Gasteiger charge is -2.52. The molecule has 3 aliphatic rings. The van der Waals surface area contributed by atoms with Crippen molar-refractivity contribution in [2.75, 3.05) is 30.8 Å². The van der Waals surface area contributed by atoms with Gasteiger partial charge in [-0.15, -0.1) is 6.58 Å². The minimum atomic E-state index is -5.10. The first kappa shape index (κ1) is 34.3. The lowest BCUT2D eigenvalue weighted by atomic mass is 9.72. The number of nitrogens with zero attached hydrogens (tertiary/aromatic N) is 2. The topological polar surface area (TPSA) is 83.6 Å². The molecule has 8 rings (SSSR count). The summed E-state index contributed by atoms with van der Waals surface area (Å²) in [5.41, 5.74) is -3.58. The summed E-state index contributed by atoms with van der Waals surface area (Å²) in [4.78, 5) is 33.4. The van der Waals surface area contributed by atoms with E-state index in [9.17, 15) is 35.9 Å². The molecular weight excluding hydrogens is 674 g/mol. The third-order valence-electron chi connectivity index (χ3n) is 10.1. The standard InChI is InChI=1S/C38H32F6N4O3/c1-3-20-19-48-12-11-22(20)13-31(48)32(28-18-30(21-7-5-4-6-8-21)46-29-10-9-26(51-2)17-27(28)29)47-34-33(35(49)36(34)50)45-25-15-23(37(39,40)41)14-24(16-25)38(42,43)44/h3-10,14-18,20,22,31-32,45,47H,1,11-13,19H2,2H3/t20-,22-,31-,32-/m0/s1. The van der Waals surface area contributed by atoms with Gasteiger partial charge in [-0.05, 0) is 79.3 Å². The first-order chi connectivity index (χ1) is 24.2. The molecule has 3 aliphatic heterocycles. The molecule has 5 atom stereocenters. The van der Waals surface area contributed by atoms with E-state index in [4.69, 9.17) is 9.72 Å². The van der Waals surface area contributed by atoms with E-state index >= 15 is 0 Å². The number of benzene rings is 3. The maximum Gasteiger partial charge on any atom is 0.416 e. The van der Waals surface area contributed by atoms with Crippen LogP contribution < -0.4 is 26.2 Å². The maximum absolute atomic E-state index is 13.6. The quantitative estimate of drug-likeness (QED) is 0.0906. The fourth-order valence-electron chi connectivity index (χ4n) is 7.45. The number of hydrogen-bond acceptors (Lipinski definition) is 7. The molecule has 7 nitrogen and oxygen atoms in total. The zero-order chi connectivity index (χ0) is 36.2. The Morgan fingerprint density at radius 3 is 2.22 bits per heavy atom. The molecule has 1 aromatic heterocycles. The summed E-state index contributed by atoms with van der Waals surface area (Å²) < 4.78 is 87.4. The summed E-state index contributed by atoms with van der Waals surface area (Å²) in [6.45, 7) is 5.48. The van der Waals surface area contributed by atoms with Crippen LogP contribution in [0.2, 0.25) is 0 Å². The number of anilines is 3. The highest BCUT2D eigenvalue weighted by atomic mass is 19.4. The number of piperidine rings is 3. The van der Waals surface area contributed by atoms with Gasteiger partial charge in [0, 0.05) is 29.2 Å². The van der Waals surface area contributed by atoms with E-state index in [2.05, 4.69) is 22.1 Å². The van der Waals surface area contributed by atoms with Crippen LogP contribution in [0.4, 0.5) is 43.4 Å². The summed E-state index contributed by atoms with van der Waals surface area (Å²) in [6.07, 6.45) is -6.63. The fraction of sp³-hybridized carbons (Fsp3) is 0.289. The molecule has 2 N–H and O–H groups in total. The normalized spacial score (nSPS) is 21.1. The third-order valence-corrected chi connectivity index (χ3v) is 10.1. The molecule has 0 saturated carbocycles. The van der Waals surface area contributed by atoms with Crippen LogP contribution in [-0.2, 0) is 12.4 Å². The summed E-state index contributed by atoms with van der Waals surface area (Å²) >= 11 is 0. The number of ether oxygens (including phenoxy) is 1. The van der Waals surface area contributed by atoms with Crippen molar-refractivity contribution >= 4 is 28.0 Å². The lowest BCUT2D eigenvalue weighted by Crippen LogP contribution is -2.56. The molecule has 3 saturated heterocycles. The van der Waals surface area contributed by atoms with Crippen LogP contribution in [0.25, 0.3) is 22.2 Å². The highest BCUT2D eigenvalue weighted by molar-refractivity contribution is 5.88. The Labute approximate surface area is 288 Å². The number of rotatable bonds is 9. The Morgan fingerprint density at radius 2 is 1.61 bits per heavy atom. The minimum absolute atomic E-state index is 0.00127. The van der Waals surface area contributed by atoms with Crippen molar-refractivity contribution in [1.29, 1.82) is 0 Å². The second-order valence-electron chi connectivity index (χ2n) is 13.0. The first-order valence-electron chi connectivity index (χ1n) is 16.3. The molecule has 4 heterocycles. The van der Waals surface area contributed by atoms with Crippen molar-refractivity contribution in [3.05, 3.63) is 123 Å². The van der Waals surface area contributed by atoms with Crippen molar-refractivity contribution in [2.24, 2.45) is 11.8 Å². The predicted molar refractivity (Wildman–Crippen MR) is 183 cm³/mol. The number of halogens is 6. The minimum Gasteiger partial charge on any atom is -0.497 e. The van der Waals surface area contributed by atoms with Crippen LogP contribution in [0, 0.1) is 11.8 Å². The van der Waals surface area contributed by atoms with Crippen LogP contribution >= 0.6 is 0 Å². The largest absolute Gasteiger partial charge is 0.497 e. The fourth-order valence-corrected chi connectivity index (χ4v) is 7.45. The Balaban J connectivity index is 1.37. The van der Waals surface area contributed by atoms with Crippen molar-refractivity contribution in [3.8, 4) is 17.0 Å². The van der Waals surface area contributed by atoms with E-state index in [1.165, 1.54) is 7.11 Å². The Morgan fingerprint density at radius 1 is 0.922 bits per heavy atom. The smallest absolute Gasteiger partial charge is 0.416 e. The summed E-state index contributed by atoms with van der Waals surface area (Å²) in [7, 11) is 1.53. The zero-order valence-electron chi connectivity index (χ0n) is 27.2. The van der Waals surface area contributed by atoms with Gasteiger partial charge in [-0.2, -0.15) is 26.3 Å². The molecule has 0 amide bonds. The van der Waals surface area contributed by atoms with Crippen LogP contribution in [0.15, 0.2) is 95.0 Å². The number of fused-ring (bicyclic) bond motifs is 4. The van der Waals surface area contributed by atoms with Crippen LogP contribution in [0.3, 0.4) is 0 Å². The van der Waals surface area contributed by atoms with Crippen molar-refractivity contribution in [2.45, 2.75) is 37.3 Å². The van der Waals surface area contributed by atoms with E-state index in [1.54, 1.807) is 6.07 Å². The summed E-state index contributed by atoms with van der Waals surface area (Å²) in [5.74, 6) is 1.08. The monoisotopic (exact) mass is 706 g/mol.